The molecule has 1 spiro atoms. The van der Waals surface area contributed by atoms with Crippen molar-refractivity contribution in [3.63, 3.8) is 0 Å². The molecule has 7 nitrogen and oxygen atoms in total. The van der Waals surface area contributed by atoms with Crippen LogP contribution in [0.25, 0.3) is 5.70 Å². The van der Waals surface area contributed by atoms with Gasteiger partial charge in [-0.15, -0.1) is 0 Å². The summed E-state index contributed by atoms with van der Waals surface area (Å²) in [6.45, 7) is 8.28. The van der Waals surface area contributed by atoms with E-state index in [0.717, 1.165) is 54.9 Å². The lowest BCUT2D eigenvalue weighted by molar-refractivity contribution is 0.155. The number of aryl methyl sites for hydroxylation is 1. The summed E-state index contributed by atoms with van der Waals surface area (Å²) < 4.78 is 30.1. The van der Waals surface area contributed by atoms with Gasteiger partial charge >= 0.3 is 0 Å². The monoisotopic (exact) mass is 416 g/mol. The molecule has 0 bridgehead atoms. The van der Waals surface area contributed by atoms with E-state index in [-0.39, 0.29) is 5.41 Å². The highest BCUT2D eigenvalue weighted by Gasteiger charge is 2.43. The second-order valence-electron chi connectivity index (χ2n) is 7.87. The van der Waals surface area contributed by atoms with Crippen LogP contribution in [0.1, 0.15) is 30.4 Å². The second kappa shape index (κ2) is 8.19. The molecule has 2 saturated heterocycles. The van der Waals surface area contributed by atoms with Crippen LogP contribution in [0.5, 0.6) is 5.75 Å². The highest BCUT2D eigenvalue weighted by atomic mass is 32.2. The highest BCUT2D eigenvalue weighted by molar-refractivity contribution is 7.86. The van der Waals surface area contributed by atoms with E-state index < -0.39 is 10.2 Å². The molecule has 1 aromatic carbocycles. The number of allylic oxidation sites excluding steroid dienone is 2. The number of nitriles is 1. The molecular formula is C21H28N4O3S. The Morgan fingerprint density at radius 2 is 1.97 bits per heavy atom. The Balaban J connectivity index is 1.87. The van der Waals surface area contributed by atoms with E-state index in [1.807, 2.05) is 25.1 Å². The van der Waals surface area contributed by atoms with Crippen LogP contribution in [0.2, 0.25) is 0 Å². The molecule has 1 aromatic rings. The summed E-state index contributed by atoms with van der Waals surface area (Å²) in [6.07, 6.45) is 4.13. The Labute approximate surface area is 173 Å². The van der Waals surface area contributed by atoms with Gasteiger partial charge in [0.25, 0.3) is 10.2 Å². The van der Waals surface area contributed by atoms with Crippen molar-refractivity contribution in [3.05, 3.63) is 47.6 Å². The third kappa shape index (κ3) is 4.32. The van der Waals surface area contributed by atoms with Gasteiger partial charge in [-0.05, 0) is 61.4 Å². The van der Waals surface area contributed by atoms with E-state index >= 15 is 0 Å². The Morgan fingerprint density at radius 1 is 1.31 bits per heavy atom. The highest BCUT2D eigenvalue weighted by Crippen LogP contribution is 2.43. The lowest BCUT2D eigenvalue weighted by Crippen LogP contribution is -2.42. The van der Waals surface area contributed by atoms with Crippen molar-refractivity contribution >= 4 is 15.9 Å². The molecule has 2 fully saturated rings. The van der Waals surface area contributed by atoms with Crippen LogP contribution < -0.4 is 9.88 Å². The van der Waals surface area contributed by atoms with Crippen molar-refractivity contribution in [2.24, 2.45) is 10.6 Å². The van der Waals surface area contributed by atoms with Gasteiger partial charge < -0.3 is 9.64 Å². The molecule has 0 aliphatic carbocycles. The summed E-state index contributed by atoms with van der Waals surface area (Å²) in [5.74, 6) is 0.773. The van der Waals surface area contributed by atoms with Crippen molar-refractivity contribution in [2.75, 3.05) is 33.3 Å². The molecule has 2 aliphatic rings. The minimum atomic E-state index is -3.64. The normalized spacial score (nSPS) is 20.3. The fraction of sp³-hybridized carbons (Fsp3) is 0.476. The summed E-state index contributed by atoms with van der Waals surface area (Å²) in [6, 6.07) is 8.11. The van der Waals surface area contributed by atoms with E-state index in [4.69, 9.17) is 9.88 Å². The molecule has 2 N–H and O–H groups in total. The SMILES string of the molecule is C=C/C(C#N)=C(\c1ccc(OC)cc1C)N1CCC2(CC1)CCN(S(N)(=O)=O)C2. The molecule has 2 aliphatic heterocycles. The molecule has 0 amide bonds. The van der Waals surface area contributed by atoms with Gasteiger partial charge in [-0.1, -0.05) is 6.58 Å². The van der Waals surface area contributed by atoms with Crippen LogP contribution >= 0.6 is 0 Å². The lowest BCUT2D eigenvalue weighted by Gasteiger charge is -2.41. The molecule has 8 heteroatoms. The molecule has 0 aromatic heterocycles. The van der Waals surface area contributed by atoms with Gasteiger partial charge in [0.1, 0.15) is 11.8 Å². The zero-order valence-corrected chi connectivity index (χ0v) is 17.8. The summed E-state index contributed by atoms with van der Waals surface area (Å²) in [7, 11) is -2.01. The maximum absolute atomic E-state index is 11.7. The van der Waals surface area contributed by atoms with Gasteiger partial charge in [0.15, 0.2) is 0 Å². The predicted octanol–water partition coefficient (Wildman–Crippen LogP) is 2.42. The molecule has 0 radical (unpaired) electrons. The maximum Gasteiger partial charge on any atom is 0.276 e. The summed E-state index contributed by atoms with van der Waals surface area (Å²) in [5, 5.41) is 15.0. The third-order valence-corrected chi connectivity index (χ3v) is 7.20. The lowest BCUT2D eigenvalue weighted by atomic mass is 9.77. The van der Waals surface area contributed by atoms with Gasteiger partial charge in [0.05, 0.1) is 18.4 Å². The zero-order valence-electron chi connectivity index (χ0n) is 17.0. The first-order valence-corrected chi connectivity index (χ1v) is 11.2. The van der Waals surface area contributed by atoms with Crippen LogP contribution in [0.4, 0.5) is 0 Å². The van der Waals surface area contributed by atoms with Crippen LogP contribution in [-0.2, 0) is 10.2 Å². The van der Waals surface area contributed by atoms with Crippen molar-refractivity contribution in [3.8, 4) is 11.8 Å². The van der Waals surface area contributed by atoms with Gasteiger partial charge in [0, 0.05) is 31.7 Å². The van der Waals surface area contributed by atoms with E-state index in [1.54, 1.807) is 13.2 Å². The van der Waals surface area contributed by atoms with E-state index in [0.29, 0.717) is 18.7 Å². The minimum Gasteiger partial charge on any atom is -0.497 e. The van der Waals surface area contributed by atoms with Crippen LogP contribution in [0.3, 0.4) is 0 Å². The number of hydrogen-bond donors (Lipinski definition) is 1. The summed E-state index contributed by atoms with van der Waals surface area (Å²) in [5.41, 5.74) is 3.38. The molecular weight excluding hydrogens is 388 g/mol. The molecule has 3 rings (SSSR count). The number of piperidine rings is 1. The number of likely N-dealkylation sites (tertiary alicyclic amines) is 1. The Morgan fingerprint density at radius 3 is 2.45 bits per heavy atom. The van der Waals surface area contributed by atoms with Crippen LogP contribution in [0.15, 0.2) is 36.4 Å². The van der Waals surface area contributed by atoms with Gasteiger partial charge in [-0.3, -0.25) is 0 Å². The quantitative estimate of drug-likeness (QED) is 0.587. The largest absolute Gasteiger partial charge is 0.497 e. The average molecular weight is 417 g/mol. The van der Waals surface area contributed by atoms with E-state index in [2.05, 4.69) is 17.5 Å². The Hall–Kier alpha value is -2.34. The van der Waals surface area contributed by atoms with Crippen molar-refractivity contribution < 1.29 is 13.2 Å². The van der Waals surface area contributed by atoms with Crippen LogP contribution in [0, 0.1) is 23.7 Å². The molecule has 2 heterocycles. The van der Waals surface area contributed by atoms with Crippen molar-refractivity contribution in [1.29, 1.82) is 5.26 Å². The summed E-state index contributed by atoms with van der Waals surface area (Å²) >= 11 is 0. The number of rotatable bonds is 5. The molecule has 0 unspecified atom stereocenters. The second-order valence-corrected chi connectivity index (χ2v) is 9.42. The number of ether oxygens (including phenoxy) is 1. The minimum absolute atomic E-state index is 0.0377. The molecule has 156 valence electrons. The van der Waals surface area contributed by atoms with Gasteiger partial charge in [0.2, 0.25) is 0 Å². The maximum atomic E-state index is 11.7. The third-order valence-electron chi connectivity index (χ3n) is 6.17. The van der Waals surface area contributed by atoms with Crippen molar-refractivity contribution in [1.82, 2.24) is 9.21 Å². The topological polar surface area (TPSA) is 99.7 Å². The molecule has 29 heavy (non-hydrogen) atoms. The number of hydrogen-bond acceptors (Lipinski definition) is 5. The first-order chi connectivity index (χ1) is 13.7. The fourth-order valence-corrected chi connectivity index (χ4v) is 5.23. The van der Waals surface area contributed by atoms with Gasteiger partial charge in [-0.2, -0.15) is 18.0 Å². The van der Waals surface area contributed by atoms with Crippen LogP contribution in [-0.4, -0.2) is 50.9 Å². The Kier molecular flexibility index (Phi) is 6.03. The van der Waals surface area contributed by atoms with Gasteiger partial charge in [-0.25, -0.2) is 5.14 Å². The first kappa shape index (κ1) is 21.4. The van der Waals surface area contributed by atoms with E-state index in [9.17, 15) is 13.7 Å². The predicted molar refractivity (Wildman–Crippen MR) is 113 cm³/mol. The standard InChI is InChI=1S/C21H28N4O3S/c1-4-17(14-22)20(19-6-5-18(28-3)13-16(19)2)24-10-7-21(8-11-24)9-12-25(15-21)29(23,26)27/h4-6,13H,1,7-12,15H2,2-3H3,(H2,23,26,27)/b20-17-. The molecule has 0 atom stereocenters. The van der Waals surface area contributed by atoms with Crippen molar-refractivity contribution in [2.45, 2.75) is 26.2 Å². The summed E-state index contributed by atoms with van der Waals surface area (Å²) in [4.78, 5) is 2.22. The number of methoxy groups -OCH3 is 1. The zero-order chi connectivity index (χ0) is 21.2. The fourth-order valence-electron chi connectivity index (χ4n) is 4.43. The molecule has 0 saturated carbocycles. The van der Waals surface area contributed by atoms with E-state index in [1.165, 1.54) is 4.31 Å². The first-order valence-electron chi connectivity index (χ1n) is 9.68. The number of benzene rings is 1. The number of nitrogens with two attached hydrogens (primary N) is 1. The Bertz CT molecular complexity index is 970. The number of nitrogens with zero attached hydrogens (tertiary/aromatic N) is 3. The smallest absolute Gasteiger partial charge is 0.276 e. The average Bonchev–Trinajstić information content (AvgIpc) is 3.11.